The van der Waals surface area contributed by atoms with Gasteiger partial charge in [-0.2, -0.15) is 0 Å². The summed E-state index contributed by atoms with van der Waals surface area (Å²) in [6.45, 7) is 7.05. The molecule has 5 nitrogen and oxygen atoms in total. The van der Waals surface area contributed by atoms with Crippen LogP contribution < -0.4 is 4.74 Å². The van der Waals surface area contributed by atoms with Gasteiger partial charge in [-0.15, -0.1) is 0 Å². The maximum absolute atomic E-state index is 10.9. The molecule has 0 spiro atoms. The highest BCUT2D eigenvalue weighted by molar-refractivity contribution is 5.62. The zero-order valence-electron chi connectivity index (χ0n) is 11.7. The molecule has 0 aliphatic heterocycles. The first-order chi connectivity index (χ1) is 8.78. The topological polar surface area (TPSA) is 69.4 Å². The molecule has 0 bridgehead atoms. The van der Waals surface area contributed by atoms with E-state index in [1.165, 1.54) is 6.92 Å². The summed E-state index contributed by atoms with van der Waals surface area (Å²) >= 11 is 0. The second-order valence-corrected chi connectivity index (χ2v) is 5.16. The Bertz CT molecular complexity index is 484. The maximum atomic E-state index is 10.9. The summed E-state index contributed by atoms with van der Waals surface area (Å²) in [5.74, 6) is 0.727. The van der Waals surface area contributed by atoms with E-state index in [0.29, 0.717) is 6.29 Å². The van der Waals surface area contributed by atoms with Gasteiger partial charge in [-0.1, -0.05) is 6.07 Å². The molecule has 1 rings (SSSR count). The van der Waals surface area contributed by atoms with E-state index in [1.54, 1.807) is 12.1 Å². The molecular weight excluding hydrogens is 246 g/mol. The molecule has 1 aromatic carbocycles. The Balaban J connectivity index is 2.97. The van der Waals surface area contributed by atoms with Crippen molar-refractivity contribution in [2.24, 2.45) is 0 Å². The van der Waals surface area contributed by atoms with Gasteiger partial charge in [0, 0.05) is 11.8 Å². The first kappa shape index (κ1) is 15.1. The van der Waals surface area contributed by atoms with Crippen molar-refractivity contribution in [3.63, 3.8) is 0 Å². The quantitative estimate of drug-likeness (QED) is 0.450. The summed E-state index contributed by atoms with van der Waals surface area (Å²) in [5, 5.41) is 10.9. The van der Waals surface area contributed by atoms with Crippen LogP contribution in [-0.4, -0.2) is 22.9 Å². The highest BCUT2D eigenvalue weighted by atomic mass is 16.6. The molecular formula is C14H19NO4. The van der Waals surface area contributed by atoms with Crippen LogP contribution in [0.4, 0.5) is 0 Å². The fourth-order valence-corrected chi connectivity index (χ4v) is 1.75. The molecule has 0 aliphatic carbocycles. The number of nitrogens with zero attached hydrogens (tertiary/aromatic N) is 1. The summed E-state index contributed by atoms with van der Waals surface area (Å²) in [5.41, 5.74) is 0.0843. The van der Waals surface area contributed by atoms with Crippen molar-refractivity contribution in [3.05, 3.63) is 39.4 Å². The molecule has 5 heteroatoms. The largest absolute Gasteiger partial charge is 0.491 e. The van der Waals surface area contributed by atoms with Crippen LogP contribution >= 0.6 is 0 Å². The molecule has 104 valence electrons. The van der Waals surface area contributed by atoms with Gasteiger partial charge in [0.1, 0.15) is 5.75 Å². The van der Waals surface area contributed by atoms with E-state index in [0.717, 1.165) is 16.9 Å². The number of nitro groups is 1. The van der Waals surface area contributed by atoms with E-state index >= 15 is 0 Å². The average Bonchev–Trinajstić information content (AvgIpc) is 2.31. The van der Waals surface area contributed by atoms with Gasteiger partial charge in [-0.25, -0.2) is 0 Å². The first-order valence-corrected chi connectivity index (χ1v) is 6.15. The monoisotopic (exact) mass is 265 g/mol. The van der Waals surface area contributed by atoms with Gasteiger partial charge < -0.3 is 4.74 Å². The number of aryl methyl sites for hydroxylation is 1. The number of benzene rings is 1. The van der Waals surface area contributed by atoms with E-state index in [9.17, 15) is 14.9 Å². The zero-order valence-corrected chi connectivity index (χ0v) is 11.7. The third-order valence-corrected chi connectivity index (χ3v) is 2.91. The predicted octanol–water partition coefficient (Wildman–Crippen LogP) is 2.56. The molecule has 0 saturated heterocycles. The molecule has 0 radical (unpaired) electrons. The molecule has 0 heterocycles. The Hall–Kier alpha value is -1.91. The number of carbonyl (C=O) groups is 1. The van der Waals surface area contributed by atoms with Crippen LogP contribution in [0.15, 0.2) is 18.2 Å². The lowest BCUT2D eigenvalue weighted by Gasteiger charge is -2.17. The first-order valence-electron chi connectivity index (χ1n) is 6.15. The summed E-state index contributed by atoms with van der Waals surface area (Å²) < 4.78 is 5.55. The minimum absolute atomic E-state index is 0.0734. The molecule has 0 fully saturated rings. The molecule has 1 aromatic rings. The van der Waals surface area contributed by atoms with E-state index in [2.05, 4.69) is 0 Å². The molecule has 19 heavy (non-hydrogen) atoms. The normalized spacial score (nSPS) is 13.9. The van der Waals surface area contributed by atoms with Crippen molar-refractivity contribution >= 4 is 6.29 Å². The van der Waals surface area contributed by atoms with E-state index in [4.69, 9.17) is 4.74 Å². The van der Waals surface area contributed by atoms with Crippen molar-refractivity contribution in [2.75, 3.05) is 0 Å². The number of hydrogen-bond acceptors (Lipinski definition) is 4. The number of ether oxygens (including phenoxy) is 1. The molecule has 0 amide bonds. The number of aldehydes is 1. The van der Waals surface area contributed by atoms with Crippen LogP contribution in [0.25, 0.3) is 0 Å². The van der Waals surface area contributed by atoms with Crippen molar-refractivity contribution in [1.82, 2.24) is 0 Å². The van der Waals surface area contributed by atoms with Gasteiger partial charge in [0.2, 0.25) is 0 Å². The number of carbonyl (C=O) groups excluding carboxylic acids is 1. The van der Waals surface area contributed by atoms with Gasteiger partial charge in [0.05, 0.1) is 12.5 Å². The lowest BCUT2D eigenvalue weighted by Crippen LogP contribution is -2.39. The van der Waals surface area contributed by atoms with Crippen LogP contribution in [0.2, 0.25) is 0 Å². The summed E-state index contributed by atoms with van der Waals surface area (Å²) in [4.78, 5) is 21.3. The lowest BCUT2D eigenvalue weighted by molar-refractivity contribution is -0.544. The molecule has 1 unspecified atom stereocenters. The lowest BCUT2D eigenvalue weighted by atomic mass is 9.92. The van der Waals surface area contributed by atoms with Crippen LogP contribution in [0.5, 0.6) is 5.75 Å². The van der Waals surface area contributed by atoms with E-state index in [-0.39, 0.29) is 12.5 Å². The fraction of sp³-hybridized carbons (Fsp3) is 0.500. The maximum Gasteiger partial charge on any atom is 0.277 e. The van der Waals surface area contributed by atoms with Crippen LogP contribution in [-0.2, 0) is 11.2 Å². The standard InChI is InChI=1S/C14H19NO4/c1-10(2)19-13-6-5-12(11(3)7-13)8-14(4,9-16)15(17)18/h5-7,9-10H,8H2,1-4H3. The van der Waals surface area contributed by atoms with Gasteiger partial charge >= 0.3 is 0 Å². The molecule has 0 aromatic heterocycles. The van der Waals surface area contributed by atoms with Crippen LogP contribution in [0, 0.1) is 17.0 Å². The van der Waals surface area contributed by atoms with Crippen molar-refractivity contribution in [1.29, 1.82) is 0 Å². The highest BCUT2D eigenvalue weighted by Gasteiger charge is 2.37. The Morgan fingerprint density at radius 2 is 2.11 bits per heavy atom. The average molecular weight is 265 g/mol. The van der Waals surface area contributed by atoms with Gasteiger partial charge in [-0.3, -0.25) is 14.9 Å². The molecule has 0 N–H and O–H groups in total. The minimum Gasteiger partial charge on any atom is -0.491 e. The SMILES string of the molecule is Cc1cc(OC(C)C)ccc1CC(C)(C=O)[N+](=O)[O-]. The van der Waals surface area contributed by atoms with E-state index in [1.807, 2.05) is 26.8 Å². The van der Waals surface area contributed by atoms with Crippen molar-refractivity contribution in [2.45, 2.75) is 45.8 Å². The Morgan fingerprint density at radius 1 is 1.47 bits per heavy atom. The highest BCUT2D eigenvalue weighted by Crippen LogP contribution is 2.22. The zero-order chi connectivity index (χ0) is 14.6. The van der Waals surface area contributed by atoms with Crippen molar-refractivity contribution < 1.29 is 14.5 Å². The molecule has 0 aliphatic rings. The molecule has 0 saturated carbocycles. The van der Waals surface area contributed by atoms with Crippen LogP contribution in [0.3, 0.4) is 0 Å². The fourth-order valence-electron chi connectivity index (χ4n) is 1.75. The summed E-state index contributed by atoms with van der Waals surface area (Å²) in [6, 6.07) is 5.38. The van der Waals surface area contributed by atoms with Crippen molar-refractivity contribution in [3.8, 4) is 5.75 Å². The Kier molecular flexibility index (Phi) is 4.64. The van der Waals surface area contributed by atoms with Gasteiger partial charge in [0.15, 0.2) is 6.29 Å². The Labute approximate surface area is 112 Å². The third-order valence-electron chi connectivity index (χ3n) is 2.91. The minimum atomic E-state index is -1.58. The number of rotatable bonds is 6. The second-order valence-electron chi connectivity index (χ2n) is 5.16. The number of hydrogen-bond donors (Lipinski definition) is 0. The predicted molar refractivity (Wildman–Crippen MR) is 72.1 cm³/mol. The summed E-state index contributed by atoms with van der Waals surface area (Å²) in [6.07, 6.45) is 0.548. The smallest absolute Gasteiger partial charge is 0.277 e. The third kappa shape index (κ3) is 3.77. The van der Waals surface area contributed by atoms with Gasteiger partial charge in [0.25, 0.3) is 5.54 Å². The van der Waals surface area contributed by atoms with Crippen LogP contribution in [0.1, 0.15) is 31.9 Å². The second kappa shape index (κ2) is 5.82. The molecule has 1 atom stereocenters. The summed E-state index contributed by atoms with van der Waals surface area (Å²) in [7, 11) is 0. The van der Waals surface area contributed by atoms with Gasteiger partial charge in [-0.05, 0) is 44.0 Å². The Morgan fingerprint density at radius 3 is 2.53 bits per heavy atom. The van der Waals surface area contributed by atoms with E-state index < -0.39 is 10.5 Å².